The third-order valence-corrected chi connectivity index (χ3v) is 4.87. The predicted molar refractivity (Wildman–Crippen MR) is 124 cm³/mol. The molecule has 5 nitrogen and oxygen atoms in total. The Morgan fingerprint density at radius 1 is 0.844 bits per heavy atom. The molecule has 0 aliphatic carbocycles. The molecule has 0 unspecified atom stereocenters. The van der Waals surface area contributed by atoms with Gasteiger partial charge in [-0.25, -0.2) is 0 Å². The highest BCUT2D eigenvalue weighted by Crippen LogP contribution is 2.22. The lowest BCUT2D eigenvalue weighted by atomic mass is 10.1. The van der Waals surface area contributed by atoms with Crippen LogP contribution in [0.25, 0.3) is 0 Å². The Kier molecular flexibility index (Phi) is 6.78. The van der Waals surface area contributed by atoms with Crippen molar-refractivity contribution in [3.63, 3.8) is 0 Å². The molecule has 0 fully saturated rings. The maximum Gasteiger partial charge on any atom is 0.251 e. The van der Waals surface area contributed by atoms with Crippen molar-refractivity contribution in [3.05, 3.63) is 120 Å². The fraction of sp³-hybridized carbons (Fsp3) is 0.111. The number of para-hydroxylation sites is 1. The molecule has 1 atom stereocenters. The maximum absolute atomic E-state index is 12.7. The Morgan fingerprint density at radius 2 is 1.56 bits per heavy atom. The first kappa shape index (κ1) is 21.1. The molecule has 1 N–H and O–H groups in total. The van der Waals surface area contributed by atoms with Gasteiger partial charge in [-0.3, -0.25) is 9.78 Å². The summed E-state index contributed by atoms with van der Waals surface area (Å²) in [5.74, 6) is 1.82. The molecule has 1 aromatic heterocycles. The second kappa shape index (κ2) is 10.3. The van der Waals surface area contributed by atoms with Gasteiger partial charge in [-0.2, -0.15) is 0 Å². The highest BCUT2D eigenvalue weighted by molar-refractivity contribution is 5.94. The molecule has 5 heteroatoms. The summed E-state index contributed by atoms with van der Waals surface area (Å²) in [5, 5.41) is 2.98. The van der Waals surface area contributed by atoms with Crippen LogP contribution in [0, 0.1) is 0 Å². The van der Waals surface area contributed by atoms with E-state index >= 15 is 0 Å². The first-order valence-electron chi connectivity index (χ1n) is 10.4. The molecule has 4 aromatic rings. The number of pyridine rings is 1. The summed E-state index contributed by atoms with van der Waals surface area (Å²) in [6, 6.07) is 30.0. The number of rotatable bonds is 8. The smallest absolute Gasteiger partial charge is 0.251 e. The van der Waals surface area contributed by atoms with Crippen molar-refractivity contribution < 1.29 is 14.3 Å². The van der Waals surface area contributed by atoms with Gasteiger partial charge in [0.15, 0.2) is 0 Å². The van der Waals surface area contributed by atoms with Crippen LogP contribution in [-0.2, 0) is 6.61 Å². The third-order valence-electron chi connectivity index (χ3n) is 4.87. The monoisotopic (exact) mass is 424 g/mol. The minimum absolute atomic E-state index is 0.192. The lowest BCUT2D eigenvalue weighted by molar-refractivity contribution is 0.0939. The second-order valence-corrected chi connectivity index (χ2v) is 7.33. The molecular weight excluding hydrogens is 400 g/mol. The molecule has 1 amide bonds. The van der Waals surface area contributed by atoms with Crippen LogP contribution in [0.3, 0.4) is 0 Å². The van der Waals surface area contributed by atoms with Crippen LogP contribution >= 0.6 is 0 Å². The van der Waals surface area contributed by atoms with E-state index in [2.05, 4.69) is 10.3 Å². The normalized spacial score (nSPS) is 11.4. The van der Waals surface area contributed by atoms with Crippen LogP contribution in [-0.4, -0.2) is 10.9 Å². The topological polar surface area (TPSA) is 60.5 Å². The third kappa shape index (κ3) is 5.73. The number of benzene rings is 3. The zero-order chi connectivity index (χ0) is 22.2. The van der Waals surface area contributed by atoms with Gasteiger partial charge in [-0.1, -0.05) is 54.6 Å². The van der Waals surface area contributed by atoms with Crippen molar-refractivity contribution in [3.8, 4) is 17.2 Å². The number of ether oxygens (including phenoxy) is 2. The van der Waals surface area contributed by atoms with Gasteiger partial charge in [0.05, 0.1) is 17.9 Å². The molecule has 160 valence electrons. The van der Waals surface area contributed by atoms with Crippen LogP contribution in [0.4, 0.5) is 0 Å². The van der Waals surface area contributed by atoms with Crippen LogP contribution < -0.4 is 14.8 Å². The van der Waals surface area contributed by atoms with E-state index in [1.54, 1.807) is 24.4 Å². The fourth-order valence-corrected chi connectivity index (χ4v) is 3.15. The number of carbonyl (C=O) groups is 1. The molecule has 4 rings (SSSR count). The van der Waals surface area contributed by atoms with Crippen molar-refractivity contribution in [1.29, 1.82) is 0 Å². The number of amides is 1. The second-order valence-electron chi connectivity index (χ2n) is 7.33. The average molecular weight is 425 g/mol. The fourth-order valence-electron chi connectivity index (χ4n) is 3.15. The molecule has 0 saturated heterocycles. The van der Waals surface area contributed by atoms with Crippen molar-refractivity contribution in [2.75, 3.05) is 0 Å². The largest absolute Gasteiger partial charge is 0.487 e. The van der Waals surface area contributed by atoms with Gasteiger partial charge in [0.1, 0.15) is 23.9 Å². The number of carbonyl (C=O) groups excluding carboxylic acids is 1. The van der Waals surface area contributed by atoms with Gasteiger partial charge in [0, 0.05) is 5.56 Å². The summed E-state index contributed by atoms with van der Waals surface area (Å²) in [7, 11) is 0. The van der Waals surface area contributed by atoms with Crippen molar-refractivity contribution >= 4 is 5.91 Å². The van der Waals surface area contributed by atoms with Crippen molar-refractivity contribution in [2.24, 2.45) is 0 Å². The molecule has 3 aromatic carbocycles. The van der Waals surface area contributed by atoms with Gasteiger partial charge in [0.2, 0.25) is 0 Å². The Hall–Kier alpha value is -4.12. The summed E-state index contributed by atoms with van der Waals surface area (Å²) >= 11 is 0. The number of nitrogens with zero attached hydrogens (tertiary/aromatic N) is 1. The summed E-state index contributed by atoms with van der Waals surface area (Å²) in [4.78, 5) is 17.2. The number of nitrogens with one attached hydrogen (secondary N) is 1. The molecule has 0 bridgehead atoms. The number of aromatic nitrogens is 1. The summed E-state index contributed by atoms with van der Waals surface area (Å²) < 4.78 is 11.6. The molecule has 0 aliphatic heterocycles. The Balaban J connectivity index is 1.34. The van der Waals surface area contributed by atoms with Crippen LogP contribution in [0.1, 0.15) is 34.6 Å². The Morgan fingerprint density at radius 3 is 2.28 bits per heavy atom. The van der Waals surface area contributed by atoms with Gasteiger partial charge in [-0.05, 0) is 55.0 Å². The molecule has 0 spiro atoms. The SMILES string of the molecule is C[C@@H](NC(=O)c1cccc(Oc2ccccc2)c1)c1ccc(OCc2ccccc2)cn1. The standard InChI is InChI=1S/C27H24N2O3/c1-20(26-16-15-25(18-28-26)31-19-21-9-4-2-5-10-21)29-27(30)22-11-8-14-24(17-22)32-23-12-6-3-7-13-23/h2-18,20H,19H2,1H3,(H,29,30)/t20-/m1/s1. The number of hydrogen-bond donors (Lipinski definition) is 1. The quantitative estimate of drug-likeness (QED) is 0.380. The average Bonchev–Trinajstić information content (AvgIpc) is 2.84. The highest BCUT2D eigenvalue weighted by atomic mass is 16.5. The van der Waals surface area contributed by atoms with E-state index in [0.717, 1.165) is 17.0 Å². The van der Waals surface area contributed by atoms with E-state index in [0.29, 0.717) is 23.7 Å². The van der Waals surface area contributed by atoms with E-state index in [-0.39, 0.29) is 11.9 Å². The van der Waals surface area contributed by atoms with Crippen LogP contribution in [0.2, 0.25) is 0 Å². The van der Waals surface area contributed by atoms with E-state index in [9.17, 15) is 4.79 Å². The van der Waals surface area contributed by atoms with Crippen LogP contribution in [0.5, 0.6) is 17.2 Å². The van der Waals surface area contributed by atoms with Gasteiger partial charge < -0.3 is 14.8 Å². The molecule has 0 saturated carbocycles. The van der Waals surface area contributed by atoms with Crippen LogP contribution in [0.15, 0.2) is 103 Å². The predicted octanol–water partition coefficient (Wildman–Crippen LogP) is 5.94. The molecule has 1 heterocycles. The van der Waals surface area contributed by atoms with E-state index in [1.807, 2.05) is 85.8 Å². The first-order valence-corrected chi connectivity index (χ1v) is 10.4. The van der Waals surface area contributed by atoms with Crippen molar-refractivity contribution in [1.82, 2.24) is 10.3 Å². The summed E-state index contributed by atoms with van der Waals surface area (Å²) in [6.07, 6.45) is 1.68. The van der Waals surface area contributed by atoms with E-state index in [1.165, 1.54) is 0 Å². The van der Waals surface area contributed by atoms with Gasteiger partial charge >= 0.3 is 0 Å². The zero-order valence-electron chi connectivity index (χ0n) is 17.8. The van der Waals surface area contributed by atoms with E-state index in [4.69, 9.17) is 9.47 Å². The molecule has 32 heavy (non-hydrogen) atoms. The lowest BCUT2D eigenvalue weighted by Gasteiger charge is -2.15. The van der Waals surface area contributed by atoms with E-state index < -0.39 is 0 Å². The van der Waals surface area contributed by atoms with Crippen molar-refractivity contribution in [2.45, 2.75) is 19.6 Å². The highest BCUT2D eigenvalue weighted by Gasteiger charge is 2.13. The first-order chi connectivity index (χ1) is 15.7. The Bertz CT molecular complexity index is 1150. The summed E-state index contributed by atoms with van der Waals surface area (Å²) in [5.41, 5.74) is 2.37. The van der Waals surface area contributed by atoms with Gasteiger partial charge in [-0.15, -0.1) is 0 Å². The Labute approximate surface area is 187 Å². The lowest BCUT2D eigenvalue weighted by Crippen LogP contribution is -2.27. The van der Waals surface area contributed by atoms with Gasteiger partial charge in [0.25, 0.3) is 5.91 Å². The number of hydrogen-bond acceptors (Lipinski definition) is 4. The molecule has 0 aliphatic rings. The molecule has 0 radical (unpaired) electrons. The zero-order valence-corrected chi connectivity index (χ0v) is 17.8. The minimum Gasteiger partial charge on any atom is -0.487 e. The summed E-state index contributed by atoms with van der Waals surface area (Å²) in [6.45, 7) is 2.38. The maximum atomic E-state index is 12.7. The molecular formula is C27H24N2O3. The minimum atomic E-state index is -0.260.